The molecule has 0 unspecified atom stereocenters. The molecule has 0 spiro atoms. The van der Waals surface area contributed by atoms with Gasteiger partial charge in [-0.15, -0.1) is 0 Å². The standard InChI is InChI=1S/C9H13N3/c1-9(2,8-10)4-7-12-6-3-5-11-12/h3,5-6H,4,7H2,1-2H3. The van der Waals surface area contributed by atoms with E-state index in [1.165, 1.54) is 0 Å². The molecule has 1 aromatic heterocycles. The second kappa shape index (κ2) is 3.40. The number of rotatable bonds is 3. The van der Waals surface area contributed by atoms with Crippen molar-refractivity contribution in [1.29, 1.82) is 5.26 Å². The minimum atomic E-state index is -0.244. The van der Waals surface area contributed by atoms with E-state index >= 15 is 0 Å². The summed E-state index contributed by atoms with van der Waals surface area (Å²) in [6.45, 7) is 4.70. The number of hydrogen-bond donors (Lipinski definition) is 0. The summed E-state index contributed by atoms with van der Waals surface area (Å²) in [5.74, 6) is 0. The molecule has 0 atom stereocenters. The zero-order valence-electron chi connectivity index (χ0n) is 7.49. The zero-order valence-corrected chi connectivity index (χ0v) is 7.49. The molecular weight excluding hydrogens is 150 g/mol. The number of aromatic nitrogens is 2. The van der Waals surface area contributed by atoms with Crippen LogP contribution in [0, 0.1) is 16.7 Å². The Morgan fingerprint density at radius 1 is 1.58 bits per heavy atom. The average Bonchev–Trinajstić information content (AvgIpc) is 2.53. The van der Waals surface area contributed by atoms with E-state index in [9.17, 15) is 0 Å². The third-order valence-corrected chi connectivity index (χ3v) is 1.83. The maximum absolute atomic E-state index is 8.74. The topological polar surface area (TPSA) is 41.6 Å². The lowest BCUT2D eigenvalue weighted by Crippen LogP contribution is -2.12. The highest BCUT2D eigenvalue weighted by molar-refractivity contribution is 4.91. The lowest BCUT2D eigenvalue weighted by atomic mass is 9.92. The predicted octanol–water partition coefficient (Wildman–Crippen LogP) is 1.82. The van der Waals surface area contributed by atoms with Gasteiger partial charge in [0.05, 0.1) is 11.5 Å². The van der Waals surface area contributed by atoms with Crippen LogP contribution in [-0.2, 0) is 6.54 Å². The first-order chi connectivity index (χ1) is 5.64. The number of nitriles is 1. The number of aryl methyl sites for hydroxylation is 1. The molecule has 0 saturated heterocycles. The molecule has 0 aliphatic carbocycles. The van der Waals surface area contributed by atoms with Crippen LogP contribution in [0.25, 0.3) is 0 Å². The van der Waals surface area contributed by atoms with E-state index in [4.69, 9.17) is 5.26 Å². The van der Waals surface area contributed by atoms with Crippen molar-refractivity contribution < 1.29 is 0 Å². The molecule has 0 aliphatic heterocycles. The summed E-state index contributed by atoms with van der Waals surface area (Å²) in [6, 6.07) is 4.15. The molecule has 64 valence electrons. The van der Waals surface area contributed by atoms with Gasteiger partial charge in [0.25, 0.3) is 0 Å². The maximum Gasteiger partial charge on any atom is 0.0684 e. The molecule has 1 heterocycles. The summed E-state index contributed by atoms with van der Waals surface area (Å²) < 4.78 is 1.85. The summed E-state index contributed by atoms with van der Waals surface area (Å²) in [6.07, 6.45) is 4.50. The van der Waals surface area contributed by atoms with Gasteiger partial charge in [0, 0.05) is 18.9 Å². The van der Waals surface area contributed by atoms with Crippen molar-refractivity contribution in [1.82, 2.24) is 9.78 Å². The van der Waals surface area contributed by atoms with Gasteiger partial charge in [-0.25, -0.2) is 0 Å². The van der Waals surface area contributed by atoms with E-state index < -0.39 is 0 Å². The minimum absolute atomic E-state index is 0.244. The first kappa shape index (κ1) is 8.79. The molecule has 0 aromatic carbocycles. The SMILES string of the molecule is CC(C)(C#N)CCn1cccn1. The van der Waals surface area contributed by atoms with Crippen LogP contribution in [0.15, 0.2) is 18.5 Å². The lowest BCUT2D eigenvalue weighted by Gasteiger charge is -2.13. The van der Waals surface area contributed by atoms with Crippen LogP contribution in [0.2, 0.25) is 0 Å². The van der Waals surface area contributed by atoms with Gasteiger partial charge in [-0.05, 0) is 26.3 Å². The van der Waals surface area contributed by atoms with Crippen molar-refractivity contribution in [2.45, 2.75) is 26.8 Å². The van der Waals surface area contributed by atoms with Crippen LogP contribution in [0.4, 0.5) is 0 Å². The molecule has 0 radical (unpaired) electrons. The Morgan fingerprint density at radius 3 is 2.83 bits per heavy atom. The average molecular weight is 163 g/mol. The Bertz CT molecular complexity index is 266. The third-order valence-electron chi connectivity index (χ3n) is 1.83. The highest BCUT2D eigenvalue weighted by atomic mass is 15.3. The quantitative estimate of drug-likeness (QED) is 0.682. The van der Waals surface area contributed by atoms with Crippen LogP contribution < -0.4 is 0 Å². The molecule has 3 nitrogen and oxygen atoms in total. The van der Waals surface area contributed by atoms with Gasteiger partial charge in [0.15, 0.2) is 0 Å². The van der Waals surface area contributed by atoms with Gasteiger partial charge < -0.3 is 0 Å². The molecule has 0 bridgehead atoms. The molecule has 1 rings (SSSR count). The summed E-state index contributed by atoms with van der Waals surface area (Å²) in [5.41, 5.74) is -0.244. The fourth-order valence-electron chi connectivity index (χ4n) is 0.883. The molecule has 12 heavy (non-hydrogen) atoms. The molecule has 1 aromatic rings. The van der Waals surface area contributed by atoms with Crippen molar-refractivity contribution in [3.8, 4) is 6.07 Å². The lowest BCUT2D eigenvalue weighted by molar-refractivity contribution is 0.399. The molecular formula is C9H13N3. The monoisotopic (exact) mass is 163 g/mol. The van der Waals surface area contributed by atoms with Crippen LogP contribution in [-0.4, -0.2) is 9.78 Å². The van der Waals surface area contributed by atoms with Crippen LogP contribution >= 0.6 is 0 Å². The largest absolute Gasteiger partial charge is 0.273 e. The van der Waals surface area contributed by atoms with E-state index in [1.807, 2.05) is 30.8 Å². The van der Waals surface area contributed by atoms with Crippen LogP contribution in [0.5, 0.6) is 0 Å². The van der Waals surface area contributed by atoms with Gasteiger partial charge in [-0.1, -0.05) is 0 Å². The van der Waals surface area contributed by atoms with Gasteiger partial charge in [0.2, 0.25) is 0 Å². The highest BCUT2D eigenvalue weighted by Gasteiger charge is 2.15. The van der Waals surface area contributed by atoms with Crippen molar-refractivity contribution in [2.75, 3.05) is 0 Å². The molecule has 0 amide bonds. The van der Waals surface area contributed by atoms with E-state index in [0.29, 0.717) is 0 Å². The first-order valence-corrected chi connectivity index (χ1v) is 4.03. The number of hydrogen-bond acceptors (Lipinski definition) is 2. The third kappa shape index (κ3) is 2.39. The smallest absolute Gasteiger partial charge is 0.0684 e. The Hall–Kier alpha value is -1.30. The highest BCUT2D eigenvalue weighted by Crippen LogP contribution is 2.18. The van der Waals surface area contributed by atoms with Crippen molar-refractivity contribution >= 4 is 0 Å². The Balaban J connectivity index is 2.42. The minimum Gasteiger partial charge on any atom is -0.273 e. The Labute approximate surface area is 72.6 Å². The van der Waals surface area contributed by atoms with Gasteiger partial charge in [0.1, 0.15) is 0 Å². The molecule has 0 fully saturated rings. The summed E-state index contributed by atoms with van der Waals surface area (Å²) in [7, 11) is 0. The normalized spacial score (nSPS) is 11.1. The summed E-state index contributed by atoms with van der Waals surface area (Å²) in [4.78, 5) is 0. The maximum atomic E-state index is 8.74. The van der Waals surface area contributed by atoms with E-state index in [0.717, 1.165) is 13.0 Å². The first-order valence-electron chi connectivity index (χ1n) is 4.03. The van der Waals surface area contributed by atoms with E-state index in [2.05, 4.69) is 11.2 Å². The molecule has 0 aliphatic rings. The van der Waals surface area contributed by atoms with Crippen LogP contribution in [0.3, 0.4) is 0 Å². The van der Waals surface area contributed by atoms with Crippen molar-refractivity contribution in [2.24, 2.45) is 5.41 Å². The molecule has 0 saturated carbocycles. The van der Waals surface area contributed by atoms with Gasteiger partial charge in [-0.3, -0.25) is 4.68 Å². The fourth-order valence-corrected chi connectivity index (χ4v) is 0.883. The molecule has 3 heteroatoms. The zero-order chi connectivity index (χ0) is 9.03. The van der Waals surface area contributed by atoms with E-state index in [1.54, 1.807) is 6.20 Å². The Morgan fingerprint density at radius 2 is 2.33 bits per heavy atom. The van der Waals surface area contributed by atoms with Crippen molar-refractivity contribution in [3.63, 3.8) is 0 Å². The number of nitrogens with zero attached hydrogens (tertiary/aromatic N) is 3. The van der Waals surface area contributed by atoms with Gasteiger partial charge >= 0.3 is 0 Å². The van der Waals surface area contributed by atoms with Crippen LogP contribution in [0.1, 0.15) is 20.3 Å². The van der Waals surface area contributed by atoms with Gasteiger partial charge in [-0.2, -0.15) is 10.4 Å². The van der Waals surface area contributed by atoms with E-state index in [-0.39, 0.29) is 5.41 Å². The second-order valence-electron chi connectivity index (χ2n) is 3.51. The summed E-state index contributed by atoms with van der Waals surface area (Å²) in [5, 5.41) is 12.8. The Kier molecular flexibility index (Phi) is 2.49. The fraction of sp³-hybridized carbons (Fsp3) is 0.556. The van der Waals surface area contributed by atoms with Crippen molar-refractivity contribution in [3.05, 3.63) is 18.5 Å². The molecule has 0 N–H and O–H groups in total. The summed E-state index contributed by atoms with van der Waals surface area (Å²) >= 11 is 0. The second-order valence-corrected chi connectivity index (χ2v) is 3.51. The predicted molar refractivity (Wildman–Crippen MR) is 46.2 cm³/mol.